The number of amides is 2. The van der Waals surface area contributed by atoms with E-state index in [4.69, 9.17) is 0 Å². The minimum absolute atomic E-state index is 0.0321. The molecule has 0 aliphatic carbocycles. The van der Waals surface area contributed by atoms with E-state index < -0.39 is 29.0 Å². The van der Waals surface area contributed by atoms with E-state index >= 15 is 0 Å². The molecule has 9 nitrogen and oxygen atoms in total. The zero-order valence-corrected chi connectivity index (χ0v) is 19.1. The van der Waals surface area contributed by atoms with Gasteiger partial charge in [0.05, 0.1) is 11.9 Å². The maximum Gasteiger partial charge on any atom is 0.277 e. The number of halogens is 2. The number of aromatic nitrogens is 4. The highest BCUT2D eigenvalue weighted by Gasteiger charge is 2.21. The summed E-state index contributed by atoms with van der Waals surface area (Å²) >= 11 is 1.20. The second kappa shape index (κ2) is 11.6. The third-order valence-electron chi connectivity index (χ3n) is 4.87. The van der Waals surface area contributed by atoms with Crippen molar-refractivity contribution in [2.75, 3.05) is 30.8 Å². The number of benzene rings is 1. The fourth-order valence-electron chi connectivity index (χ4n) is 3.11. The Balaban J connectivity index is 0.000000374. The molecular weight excluding hydrogens is 452 g/mol. The van der Waals surface area contributed by atoms with Crippen LogP contribution in [0.2, 0.25) is 0 Å². The van der Waals surface area contributed by atoms with Gasteiger partial charge in [-0.15, -0.1) is 10.2 Å². The highest BCUT2D eigenvalue weighted by molar-refractivity contribution is 7.15. The number of aryl methyl sites for hydroxylation is 1. The maximum absolute atomic E-state index is 13.7. The Hall–Kier alpha value is -3.25. The van der Waals surface area contributed by atoms with Gasteiger partial charge >= 0.3 is 0 Å². The van der Waals surface area contributed by atoms with Crippen LogP contribution in [0.1, 0.15) is 52.0 Å². The number of aromatic amines is 1. The average Bonchev–Trinajstić information content (AvgIpc) is 3.44. The van der Waals surface area contributed by atoms with Crippen molar-refractivity contribution in [1.82, 2.24) is 25.3 Å². The van der Waals surface area contributed by atoms with E-state index in [9.17, 15) is 18.4 Å². The molecule has 1 aromatic carbocycles. The second-order valence-electron chi connectivity index (χ2n) is 7.38. The quantitative estimate of drug-likeness (QED) is 0.516. The summed E-state index contributed by atoms with van der Waals surface area (Å²) in [6, 6.07) is 3.06. The summed E-state index contributed by atoms with van der Waals surface area (Å²) < 4.78 is 27.4. The molecule has 1 aliphatic heterocycles. The van der Waals surface area contributed by atoms with E-state index in [2.05, 4.69) is 43.0 Å². The molecule has 0 atom stereocenters. The Morgan fingerprint density at radius 3 is 2.36 bits per heavy atom. The number of likely N-dealkylation sites (tertiary alicyclic amines) is 1. The van der Waals surface area contributed by atoms with Crippen LogP contribution in [0.4, 0.5) is 19.6 Å². The van der Waals surface area contributed by atoms with Crippen molar-refractivity contribution in [1.29, 1.82) is 0 Å². The lowest BCUT2D eigenvalue weighted by Crippen LogP contribution is -2.24. The summed E-state index contributed by atoms with van der Waals surface area (Å²) in [6.07, 6.45) is 6.10. The fraction of sp³-hybridized carbons (Fsp3) is 0.381. The number of carbonyl (C=O) groups is 2. The molecule has 0 unspecified atom stereocenters. The van der Waals surface area contributed by atoms with Gasteiger partial charge in [0.1, 0.15) is 27.9 Å². The van der Waals surface area contributed by atoms with Crippen molar-refractivity contribution in [3.63, 3.8) is 0 Å². The summed E-state index contributed by atoms with van der Waals surface area (Å²) in [4.78, 5) is 26.8. The van der Waals surface area contributed by atoms with Crippen LogP contribution in [-0.4, -0.2) is 57.2 Å². The van der Waals surface area contributed by atoms with Crippen LogP contribution in [0, 0.1) is 11.6 Å². The lowest BCUT2D eigenvalue weighted by atomic mass is 10.1. The first kappa shape index (κ1) is 24.4. The van der Waals surface area contributed by atoms with E-state index in [-0.39, 0.29) is 16.5 Å². The van der Waals surface area contributed by atoms with Crippen LogP contribution in [0.3, 0.4) is 0 Å². The van der Waals surface area contributed by atoms with Gasteiger partial charge in [-0.2, -0.15) is 5.10 Å². The molecule has 2 amide bonds. The largest absolute Gasteiger partial charge is 0.318 e. The van der Waals surface area contributed by atoms with Crippen LogP contribution in [0.5, 0.6) is 0 Å². The van der Waals surface area contributed by atoms with Crippen LogP contribution >= 0.6 is 11.3 Å². The number of anilines is 2. The van der Waals surface area contributed by atoms with Gasteiger partial charge in [-0.3, -0.25) is 20.0 Å². The molecular formula is C21H25F2N7O2S. The van der Waals surface area contributed by atoms with Crippen LogP contribution < -0.4 is 10.6 Å². The lowest BCUT2D eigenvalue weighted by Gasteiger charge is -2.20. The number of nitrogens with one attached hydrogen (secondary N) is 3. The van der Waals surface area contributed by atoms with Crippen molar-refractivity contribution < 1.29 is 18.4 Å². The summed E-state index contributed by atoms with van der Waals surface area (Å²) in [5.41, 5.74) is -0.879. The molecule has 12 heteroatoms. The normalized spacial score (nSPS) is 13.7. The molecule has 1 aliphatic rings. The molecule has 3 aromatic rings. The highest BCUT2D eigenvalue weighted by atomic mass is 32.1. The van der Waals surface area contributed by atoms with Gasteiger partial charge in [0, 0.05) is 0 Å². The fourth-order valence-corrected chi connectivity index (χ4v) is 3.79. The van der Waals surface area contributed by atoms with E-state index in [0.29, 0.717) is 6.42 Å². The van der Waals surface area contributed by atoms with Gasteiger partial charge in [-0.1, -0.05) is 30.7 Å². The first-order valence-electron chi connectivity index (χ1n) is 10.5. The molecule has 1 fully saturated rings. The van der Waals surface area contributed by atoms with Gasteiger partial charge < -0.3 is 10.2 Å². The Morgan fingerprint density at radius 2 is 1.79 bits per heavy atom. The van der Waals surface area contributed by atoms with Gasteiger partial charge in [0.15, 0.2) is 0 Å². The number of hydrogen-bond acceptors (Lipinski definition) is 7. The molecule has 0 bridgehead atoms. The molecule has 1 saturated heterocycles. The topological polar surface area (TPSA) is 116 Å². The second-order valence-corrected chi connectivity index (χ2v) is 8.44. The maximum atomic E-state index is 13.7. The molecule has 0 spiro atoms. The van der Waals surface area contributed by atoms with E-state index in [1.165, 1.54) is 43.7 Å². The molecule has 176 valence electrons. The molecule has 33 heavy (non-hydrogen) atoms. The molecule has 3 N–H and O–H groups in total. The SMILES string of the molecule is CCc1nnc(NC(=O)c2[nH]ncc2NC(=O)c2c(F)cccc2F)s1.CN1CCCCC1. The monoisotopic (exact) mass is 477 g/mol. The summed E-state index contributed by atoms with van der Waals surface area (Å²) in [5, 5.41) is 19.6. The summed E-state index contributed by atoms with van der Waals surface area (Å²) in [5.74, 6) is -3.71. The summed E-state index contributed by atoms with van der Waals surface area (Å²) in [6.45, 7) is 4.54. The number of carbonyl (C=O) groups excluding carboxylic acids is 2. The molecule has 0 radical (unpaired) electrons. The van der Waals surface area contributed by atoms with Crippen molar-refractivity contribution in [2.45, 2.75) is 32.6 Å². The highest BCUT2D eigenvalue weighted by Crippen LogP contribution is 2.20. The zero-order valence-electron chi connectivity index (χ0n) is 18.3. The Labute approximate surface area is 193 Å². The Bertz CT molecular complexity index is 1080. The minimum atomic E-state index is -1.04. The molecule has 2 aromatic heterocycles. The van der Waals surface area contributed by atoms with Crippen molar-refractivity contribution in [3.8, 4) is 0 Å². The molecule has 0 saturated carbocycles. The number of piperidine rings is 1. The predicted molar refractivity (Wildman–Crippen MR) is 121 cm³/mol. The molecule has 3 heterocycles. The van der Waals surface area contributed by atoms with Crippen LogP contribution in [-0.2, 0) is 6.42 Å². The Kier molecular flexibility index (Phi) is 8.55. The number of nitrogens with zero attached hydrogens (tertiary/aromatic N) is 4. The van der Waals surface area contributed by atoms with Crippen molar-refractivity contribution in [2.24, 2.45) is 0 Å². The van der Waals surface area contributed by atoms with Crippen LogP contribution in [0.25, 0.3) is 0 Å². The van der Waals surface area contributed by atoms with Gasteiger partial charge in [0.2, 0.25) is 5.13 Å². The van der Waals surface area contributed by atoms with E-state index in [1.807, 2.05) is 6.92 Å². The zero-order chi connectivity index (χ0) is 23.8. The average molecular weight is 478 g/mol. The predicted octanol–water partition coefficient (Wildman–Crippen LogP) is 3.71. The summed E-state index contributed by atoms with van der Waals surface area (Å²) in [7, 11) is 2.19. The van der Waals surface area contributed by atoms with Crippen LogP contribution in [0.15, 0.2) is 24.4 Å². The third kappa shape index (κ3) is 6.62. The van der Waals surface area contributed by atoms with Gasteiger partial charge in [0.25, 0.3) is 11.8 Å². The number of hydrogen-bond donors (Lipinski definition) is 3. The van der Waals surface area contributed by atoms with Crippen molar-refractivity contribution >= 4 is 34.0 Å². The number of rotatable bonds is 5. The first-order valence-corrected chi connectivity index (χ1v) is 11.3. The molecule has 4 rings (SSSR count). The van der Waals surface area contributed by atoms with Gasteiger partial charge in [-0.05, 0) is 51.5 Å². The third-order valence-corrected chi connectivity index (χ3v) is 5.86. The number of H-pyrrole nitrogens is 1. The van der Waals surface area contributed by atoms with Gasteiger partial charge in [-0.25, -0.2) is 8.78 Å². The van der Waals surface area contributed by atoms with Crippen molar-refractivity contribution in [3.05, 3.63) is 52.3 Å². The first-order chi connectivity index (χ1) is 15.9. The standard InChI is InChI=1S/C15H12F2N6O2S.C6H13N/c1-2-10-21-23-15(26-10)20-14(25)12-9(6-18-22-12)19-13(24)11-7(16)4-3-5-8(11)17;1-7-5-3-2-4-6-7/h3-6H,2H2,1H3,(H,18,22)(H,19,24)(H,20,23,25);2-6H2,1H3. The van der Waals surface area contributed by atoms with E-state index in [0.717, 1.165) is 29.4 Å². The van der Waals surface area contributed by atoms with E-state index in [1.54, 1.807) is 0 Å². The lowest BCUT2D eigenvalue weighted by molar-refractivity contribution is 0.101. The minimum Gasteiger partial charge on any atom is -0.318 e. The smallest absolute Gasteiger partial charge is 0.277 e. The Morgan fingerprint density at radius 1 is 1.09 bits per heavy atom.